The molecular weight excluding hydrogens is 334 g/mol. The Balaban J connectivity index is 1.76. The minimum absolute atomic E-state index is 0.117. The van der Waals surface area contributed by atoms with E-state index in [0.29, 0.717) is 37.8 Å². The van der Waals surface area contributed by atoms with Crippen LogP contribution in [0.5, 0.6) is 0 Å². The first-order valence-electron chi connectivity index (χ1n) is 8.24. The van der Waals surface area contributed by atoms with Crippen LogP contribution in [0.2, 0.25) is 0 Å². The van der Waals surface area contributed by atoms with E-state index in [0.717, 1.165) is 13.0 Å². The number of ether oxygens (including phenoxy) is 2. The standard InChI is InChI=1S/C14H25N5O4S/c1-10-7-18(8-11(2)23-10)24(20,21)17-12-5-4-6-19-14(12)15-13(16-19)9-22-3/h10-12,17H,4-9H2,1-3H3/t10-,11+,12-/m0/s1. The topological polar surface area (TPSA) is 98.6 Å². The van der Waals surface area contributed by atoms with Crippen LogP contribution >= 0.6 is 0 Å². The van der Waals surface area contributed by atoms with E-state index in [1.807, 2.05) is 13.8 Å². The molecule has 2 aliphatic heterocycles. The van der Waals surface area contributed by atoms with Gasteiger partial charge in [0.2, 0.25) is 0 Å². The lowest BCUT2D eigenvalue weighted by Crippen LogP contribution is -2.52. The second kappa shape index (κ2) is 7.04. The van der Waals surface area contributed by atoms with Crippen LogP contribution in [0.25, 0.3) is 0 Å². The Morgan fingerprint density at radius 2 is 2.04 bits per heavy atom. The third kappa shape index (κ3) is 3.77. The zero-order valence-electron chi connectivity index (χ0n) is 14.3. The van der Waals surface area contributed by atoms with Crippen molar-refractivity contribution in [1.82, 2.24) is 23.8 Å². The second-order valence-corrected chi connectivity index (χ2v) is 8.14. The minimum Gasteiger partial charge on any atom is -0.377 e. The largest absolute Gasteiger partial charge is 0.377 e. The molecule has 0 unspecified atom stereocenters. The number of aromatic nitrogens is 3. The molecule has 1 N–H and O–H groups in total. The predicted molar refractivity (Wildman–Crippen MR) is 86.3 cm³/mol. The van der Waals surface area contributed by atoms with E-state index in [2.05, 4.69) is 14.8 Å². The molecule has 2 aliphatic rings. The van der Waals surface area contributed by atoms with Gasteiger partial charge in [0.1, 0.15) is 12.4 Å². The number of rotatable bonds is 5. The summed E-state index contributed by atoms with van der Waals surface area (Å²) in [5.41, 5.74) is 0. The smallest absolute Gasteiger partial charge is 0.280 e. The van der Waals surface area contributed by atoms with Crippen molar-refractivity contribution in [2.45, 2.75) is 58.1 Å². The molecule has 0 amide bonds. The molecular formula is C14H25N5O4S. The van der Waals surface area contributed by atoms with Crippen molar-refractivity contribution in [1.29, 1.82) is 0 Å². The Kier molecular flexibility index (Phi) is 5.21. The lowest BCUT2D eigenvalue weighted by atomic mass is 10.1. The number of hydrogen-bond donors (Lipinski definition) is 1. The van der Waals surface area contributed by atoms with Gasteiger partial charge in [-0.3, -0.25) is 0 Å². The van der Waals surface area contributed by atoms with Gasteiger partial charge in [0, 0.05) is 26.7 Å². The van der Waals surface area contributed by atoms with Crippen LogP contribution in [0.4, 0.5) is 0 Å². The number of nitrogens with one attached hydrogen (secondary N) is 1. The molecule has 10 heteroatoms. The van der Waals surface area contributed by atoms with Crippen LogP contribution < -0.4 is 4.72 Å². The molecule has 0 saturated carbocycles. The number of hydrogen-bond acceptors (Lipinski definition) is 6. The monoisotopic (exact) mass is 359 g/mol. The molecule has 0 bridgehead atoms. The molecule has 3 heterocycles. The molecule has 3 rings (SSSR count). The van der Waals surface area contributed by atoms with Gasteiger partial charge in [-0.25, -0.2) is 9.67 Å². The summed E-state index contributed by atoms with van der Waals surface area (Å²) in [6.45, 7) is 5.54. The maximum Gasteiger partial charge on any atom is 0.280 e. The fraction of sp³-hybridized carbons (Fsp3) is 0.857. The lowest BCUT2D eigenvalue weighted by Gasteiger charge is -2.35. The Morgan fingerprint density at radius 3 is 2.71 bits per heavy atom. The van der Waals surface area contributed by atoms with Gasteiger partial charge >= 0.3 is 0 Å². The normalized spacial score (nSPS) is 28.7. The van der Waals surface area contributed by atoms with E-state index in [9.17, 15) is 8.42 Å². The summed E-state index contributed by atoms with van der Waals surface area (Å²) in [7, 11) is -2.02. The Labute approximate surface area is 142 Å². The van der Waals surface area contributed by atoms with Gasteiger partial charge in [-0.1, -0.05) is 0 Å². The van der Waals surface area contributed by atoms with E-state index >= 15 is 0 Å². The predicted octanol–water partition coefficient (Wildman–Crippen LogP) is 0.203. The molecule has 0 spiro atoms. The summed E-state index contributed by atoms with van der Waals surface area (Å²) in [5.74, 6) is 1.23. The van der Waals surface area contributed by atoms with Crippen molar-refractivity contribution in [2.75, 3.05) is 20.2 Å². The Hall–Kier alpha value is -1.07. The first-order chi connectivity index (χ1) is 11.4. The molecule has 1 fully saturated rings. The van der Waals surface area contributed by atoms with Crippen molar-refractivity contribution in [2.24, 2.45) is 0 Å². The highest BCUT2D eigenvalue weighted by atomic mass is 32.2. The van der Waals surface area contributed by atoms with Crippen molar-refractivity contribution in [3.05, 3.63) is 11.6 Å². The molecule has 3 atom stereocenters. The van der Waals surface area contributed by atoms with Crippen LogP contribution in [0.3, 0.4) is 0 Å². The Morgan fingerprint density at radius 1 is 1.33 bits per heavy atom. The van der Waals surface area contributed by atoms with E-state index in [1.165, 1.54) is 4.31 Å². The number of aryl methyl sites for hydroxylation is 1. The summed E-state index contributed by atoms with van der Waals surface area (Å²) < 4.78 is 42.2. The van der Waals surface area contributed by atoms with Crippen LogP contribution in [-0.2, 0) is 32.8 Å². The molecule has 1 aromatic heterocycles. The zero-order chi connectivity index (χ0) is 17.3. The summed E-state index contributed by atoms with van der Waals surface area (Å²) in [6, 6.07) is -0.365. The first kappa shape index (κ1) is 17.7. The maximum absolute atomic E-state index is 12.8. The molecule has 1 aromatic rings. The molecule has 0 aromatic carbocycles. The van der Waals surface area contributed by atoms with Crippen LogP contribution in [0.15, 0.2) is 0 Å². The maximum atomic E-state index is 12.8. The highest BCUT2D eigenvalue weighted by molar-refractivity contribution is 7.87. The molecule has 24 heavy (non-hydrogen) atoms. The minimum atomic E-state index is -3.60. The van der Waals surface area contributed by atoms with Crippen molar-refractivity contribution in [3.8, 4) is 0 Å². The lowest BCUT2D eigenvalue weighted by molar-refractivity contribution is -0.0445. The SMILES string of the molecule is COCc1nc2n(n1)CCC[C@@H]2NS(=O)(=O)N1C[C@@H](C)O[C@@H](C)C1. The van der Waals surface area contributed by atoms with Crippen LogP contribution in [-0.4, -0.2) is 59.9 Å². The van der Waals surface area contributed by atoms with Gasteiger partial charge in [0.25, 0.3) is 10.2 Å². The number of fused-ring (bicyclic) bond motifs is 1. The van der Waals surface area contributed by atoms with Crippen molar-refractivity contribution >= 4 is 10.2 Å². The van der Waals surface area contributed by atoms with E-state index in [-0.39, 0.29) is 18.2 Å². The summed E-state index contributed by atoms with van der Waals surface area (Å²) >= 11 is 0. The zero-order valence-corrected chi connectivity index (χ0v) is 15.1. The van der Waals surface area contributed by atoms with Gasteiger partial charge in [-0.05, 0) is 26.7 Å². The van der Waals surface area contributed by atoms with Gasteiger partial charge in [-0.15, -0.1) is 0 Å². The second-order valence-electron chi connectivity index (χ2n) is 6.43. The number of nitrogens with zero attached hydrogens (tertiary/aromatic N) is 4. The summed E-state index contributed by atoms with van der Waals surface area (Å²) in [5, 5.41) is 4.37. The van der Waals surface area contributed by atoms with Gasteiger partial charge in [0.05, 0.1) is 18.2 Å². The molecule has 9 nitrogen and oxygen atoms in total. The van der Waals surface area contributed by atoms with Crippen molar-refractivity contribution < 1.29 is 17.9 Å². The summed E-state index contributed by atoms with van der Waals surface area (Å²) in [6.07, 6.45) is 1.33. The molecule has 1 saturated heterocycles. The average Bonchev–Trinajstić information content (AvgIpc) is 2.90. The third-order valence-electron chi connectivity index (χ3n) is 4.21. The van der Waals surface area contributed by atoms with E-state index in [4.69, 9.17) is 9.47 Å². The highest BCUT2D eigenvalue weighted by Crippen LogP contribution is 2.25. The first-order valence-corrected chi connectivity index (χ1v) is 9.68. The van der Waals surface area contributed by atoms with Gasteiger partial charge in [-0.2, -0.15) is 22.5 Å². The highest BCUT2D eigenvalue weighted by Gasteiger charge is 2.35. The molecule has 136 valence electrons. The Bertz CT molecular complexity index is 667. The van der Waals surface area contributed by atoms with E-state index in [1.54, 1.807) is 11.8 Å². The number of morpholine rings is 1. The quantitative estimate of drug-likeness (QED) is 0.807. The van der Waals surface area contributed by atoms with Gasteiger partial charge < -0.3 is 9.47 Å². The average molecular weight is 359 g/mol. The fourth-order valence-corrected chi connectivity index (χ4v) is 4.83. The van der Waals surface area contributed by atoms with Gasteiger partial charge in [0.15, 0.2) is 5.82 Å². The fourth-order valence-electron chi connectivity index (χ4n) is 3.28. The van der Waals surface area contributed by atoms with Crippen LogP contribution in [0, 0.1) is 0 Å². The van der Waals surface area contributed by atoms with E-state index < -0.39 is 10.2 Å². The molecule has 0 aliphatic carbocycles. The van der Waals surface area contributed by atoms with Crippen molar-refractivity contribution in [3.63, 3.8) is 0 Å². The van der Waals surface area contributed by atoms with Crippen LogP contribution in [0.1, 0.15) is 44.4 Å². The molecule has 0 radical (unpaired) electrons. The summed E-state index contributed by atoms with van der Waals surface area (Å²) in [4.78, 5) is 4.44. The number of methoxy groups -OCH3 is 1. The third-order valence-corrected chi connectivity index (χ3v) is 5.77.